The van der Waals surface area contributed by atoms with Gasteiger partial charge in [-0.1, -0.05) is 20.8 Å². The van der Waals surface area contributed by atoms with Crippen LogP contribution in [-0.4, -0.2) is 12.6 Å². The fourth-order valence-corrected chi connectivity index (χ4v) is 4.39. The highest BCUT2D eigenvalue weighted by Gasteiger charge is 2.66. The van der Waals surface area contributed by atoms with Crippen molar-refractivity contribution >= 4 is 0 Å². The molecule has 0 amide bonds. The summed E-state index contributed by atoms with van der Waals surface area (Å²) in [7, 11) is 0. The predicted octanol–water partition coefficient (Wildman–Crippen LogP) is 1.73. The van der Waals surface area contributed by atoms with Gasteiger partial charge in [0.1, 0.15) is 0 Å². The van der Waals surface area contributed by atoms with Crippen molar-refractivity contribution in [2.45, 2.75) is 46.1 Å². The van der Waals surface area contributed by atoms with Gasteiger partial charge < -0.3 is 11.5 Å². The zero-order valence-corrected chi connectivity index (χ0v) is 9.72. The van der Waals surface area contributed by atoms with E-state index >= 15 is 0 Å². The summed E-state index contributed by atoms with van der Waals surface area (Å²) in [4.78, 5) is 0. The van der Waals surface area contributed by atoms with Gasteiger partial charge in [0, 0.05) is 12.6 Å². The lowest BCUT2D eigenvalue weighted by molar-refractivity contribution is -0.205. The first kappa shape index (κ1) is 10.4. The molecule has 3 rings (SSSR count). The van der Waals surface area contributed by atoms with E-state index in [4.69, 9.17) is 11.5 Å². The Bertz CT molecular complexity index is 230. The molecule has 0 aromatic heterocycles. The largest absolute Gasteiger partial charge is 0.329 e. The Morgan fingerprint density at radius 3 is 2.43 bits per heavy atom. The summed E-state index contributed by atoms with van der Waals surface area (Å²) in [6.07, 6.45) is 4.06. The minimum Gasteiger partial charge on any atom is -0.329 e. The van der Waals surface area contributed by atoms with E-state index < -0.39 is 0 Å². The first-order valence-electron chi connectivity index (χ1n) is 5.92. The molecule has 0 aromatic carbocycles. The number of rotatable bonds is 2. The molecular formula is C12H24N2. The molecule has 2 heteroatoms. The summed E-state index contributed by atoms with van der Waals surface area (Å²) in [5, 5.41) is 0. The molecule has 2 bridgehead atoms. The maximum Gasteiger partial charge on any atom is 0.0228 e. The molecule has 3 aliphatic carbocycles. The first-order valence-corrected chi connectivity index (χ1v) is 5.92. The average molecular weight is 196 g/mol. The first-order chi connectivity index (χ1) is 6.46. The molecule has 0 saturated heterocycles. The number of hydrogen-bond acceptors (Lipinski definition) is 2. The van der Waals surface area contributed by atoms with Gasteiger partial charge in [0.25, 0.3) is 0 Å². The van der Waals surface area contributed by atoms with E-state index in [0.717, 1.165) is 11.8 Å². The number of fused-ring (bicyclic) bond motifs is 2. The topological polar surface area (TPSA) is 52.0 Å². The minimum atomic E-state index is 0.198. The van der Waals surface area contributed by atoms with Gasteiger partial charge in [-0.25, -0.2) is 0 Å². The van der Waals surface area contributed by atoms with Crippen LogP contribution < -0.4 is 11.5 Å². The van der Waals surface area contributed by atoms with Crippen molar-refractivity contribution in [3.8, 4) is 0 Å². The smallest absolute Gasteiger partial charge is 0.0228 e. The van der Waals surface area contributed by atoms with Crippen LogP contribution in [0.1, 0.15) is 40.0 Å². The van der Waals surface area contributed by atoms with Crippen LogP contribution in [0.3, 0.4) is 0 Å². The van der Waals surface area contributed by atoms with E-state index in [9.17, 15) is 0 Å². The molecule has 82 valence electrons. The lowest BCUT2D eigenvalue weighted by Crippen LogP contribution is -2.70. The van der Waals surface area contributed by atoms with Gasteiger partial charge in [0.05, 0.1) is 0 Å². The zero-order valence-electron chi connectivity index (χ0n) is 9.72. The van der Waals surface area contributed by atoms with Gasteiger partial charge in [-0.3, -0.25) is 0 Å². The third-order valence-corrected chi connectivity index (χ3v) is 5.55. The summed E-state index contributed by atoms with van der Waals surface area (Å²) in [5.74, 6) is 1.65. The summed E-state index contributed by atoms with van der Waals surface area (Å²) >= 11 is 0. The van der Waals surface area contributed by atoms with Crippen molar-refractivity contribution < 1.29 is 0 Å². The van der Waals surface area contributed by atoms with Crippen molar-refractivity contribution in [3.63, 3.8) is 0 Å². The molecule has 0 spiro atoms. The lowest BCUT2D eigenvalue weighted by Gasteiger charge is -2.70. The van der Waals surface area contributed by atoms with Gasteiger partial charge in [0.2, 0.25) is 0 Å². The van der Waals surface area contributed by atoms with Crippen molar-refractivity contribution in [2.75, 3.05) is 6.54 Å². The summed E-state index contributed by atoms with van der Waals surface area (Å²) < 4.78 is 0. The van der Waals surface area contributed by atoms with Crippen LogP contribution in [-0.2, 0) is 0 Å². The van der Waals surface area contributed by atoms with E-state index in [0.29, 0.717) is 17.4 Å². The Morgan fingerprint density at radius 2 is 2.00 bits per heavy atom. The van der Waals surface area contributed by atoms with Crippen molar-refractivity contribution in [2.24, 2.45) is 34.1 Å². The molecule has 0 radical (unpaired) electrons. The standard InChI is InChI=1S/C12H24N2/c1-8-4-5-9-6-12(8,10(14)7-13)11(9,2)3/h8-10H,4-7,13-14H2,1-3H3. The van der Waals surface area contributed by atoms with Gasteiger partial charge >= 0.3 is 0 Å². The molecule has 3 aliphatic rings. The van der Waals surface area contributed by atoms with Crippen LogP contribution in [0.4, 0.5) is 0 Å². The van der Waals surface area contributed by atoms with Gasteiger partial charge in [0.15, 0.2) is 0 Å². The van der Waals surface area contributed by atoms with Crippen molar-refractivity contribution in [3.05, 3.63) is 0 Å². The fourth-order valence-electron chi connectivity index (χ4n) is 4.39. The molecule has 2 nitrogen and oxygen atoms in total. The second-order valence-corrected chi connectivity index (χ2v) is 5.98. The van der Waals surface area contributed by atoms with Crippen LogP contribution in [0, 0.1) is 22.7 Å². The fraction of sp³-hybridized carbons (Fsp3) is 1.00. The van der Waals surface area contributed by atoms with E-state index in [1.54, 1.807) is 0 Å². The maximum atomic E-state index is 6.26. The molecule has 0 aliphatic heterocycles. The molecule has 14 heavy (non-hydrogen) atoms. The lowest BCUT2D eigenvalue weighted by atomic mass is 9.35. The van der Waals surface area contributed by atoms with Crippen LogP contribution in [0.25, 0.3) is 0 Å². The summed E-state index contributed by atoms with van der Waals surface area (Å²) in [5.41, 5.74) is 12.8. The Hall–Kier alpha value is -0.0800. The second kappa shape index (κ2) is 2.96. The van der Waals surface area contributed by atoms with Gasteiger partial charge in [-0.15, -0.1) is 0 Å². The highest BCUT2D eigenvalue weighted by Crippen LogP contribution is 2.70. The molecular weight excluding hydrogens is 172 g/mol. The Morgan fingerprint density at radius 1 is 1.36 bits per heavy atom. The van der Waals surface area contributed by atoms with Crippen molar-refractivity contribution in [1.82, 2.24) is 0 Å². The molecule has 4 unspecified atom stereocenters. The maximum absolute atomic E-state index is 6.26. The third-order valence-electron chi connectivity index (χ3n) is 5.55. The molecule has 3 saturated carbocycles. The second-order valence-electron chi connectivity index (χ2n) is 5.98. The van der Waals surface area contributed by atoms with E-state index in [1.165, 1.54) is 19.3 Å². The monoisotopic (exact) mass is 196 g/mol. The van der Waals surface area contributed by atoms with Crippen LogP contribution in [0.2, 0.25) is 0 Å². The highest BCUT2D eigenvalue weighted by atomic mass is 14.8. The normalized spacial score (nSPS) is 46.9. The summed E-state index contributed by atoms with van der Waals surface area (Å²) in [6.45, 7) is 7.80. The Kier molecular flexibility index (Phi) is 2.20. The average Bonchev–Trinajstić information content (AvgIpc) is 2.16. The number of hydrogen-bond donors (Lipinski definition) is 2. The molecule has 4 atom stereocenters. The van der Waals surface area contributed by atoms with Crippen LogP contribution in [0.15, 0.2) is 0 Å². The van der Waals surface area contributed by atoms with Crippen LogP contribution in [0.5, 0.6) is 0 Å². The quantitative estimate of drug-likeness (QED) is 0.707. The number of nitrogens with two attached hydrogens (primary N) is 2. The van der Waals surface area contributed by atoms with Crippen LogP contribution >= 0.6 is 0 Å². The molecule has 0 aromatic rings. The van der Waals surface area contributed by atoms with Crippen molar-refractivity contribution in [1.29, 1.82) is 0 Å². The molecule has 4 N–H and O–H groups in total. The zero-order chi connectivity index (χ0) is 10.6. The summed E-state index contributed by atoms with van der Waals surface area (Å²) in [6, 6.07) is 0.198. The predicted molar refractivity (Wildman–Crippen MR) is 59.7 cm³/mol. The van der Waals surface area contributed by atoms with E-state index in [2.05, 4.69) is 20.8 Å². The minimum absolute atomic E-state index is 0.198. The Labute approximate surface area is 87.4 Å². The third kappa shape index (κ3) is 0.938. The molecule has 3 fully saturated rings. The van der Waals surface area contributed by atoms with E-state index in [1.807, 2.05) is 0 Å². The van der Waals surface area contributed by atoms with Gasteiger partial charge in [-0.05, 0) is 41.9 Å². The molecule has 0 heterocycles. The van der Waals surface area contributed by atoms with E-state index in [-0.39, 0.29) is 6.04 Å². The highest BCUT2D eigenvalue weighted by molar-refractivity contribution is 5.16. The Balaban J connectivity index is 2.31. The SMILES string of the molecule is CC1CCC2CC1(C(N)CN)C2(C)C. The van der Waals surface area contributed by atoms with Gasteiger partial charge in [-0.2, -0.15) is 0 Å².